The molecule has 6 aromatic rings. The van der Waals surface area contributed by atoms with Crippen LogP contribution in [-0.4, -0.2) is 31.3 Å². The monoisotopic (exact) mass is 449 g/mol. The van der Waals surface area contributed by atoms with E-state index < -0.39 is 0 Å². The highest BCUT2D eigenvalue weighted by molar-refractivity contribution is 5.87. The van der Waals surface area contributed by atoms with Crippen LogP contribution in [0.4, 0.5) is 0 Å². The number of pyridine rings is 1. The van der Waals surface area contributed by atoms with Crippen LogP contribution in [0.2, 0.25) is 0 Å². The van der Waals surface area contributed by atoms with E-state index in [2.05, 4.69) is 9.97 Å². The van der Waals surface area contributed by atoms with Crippen molar-refractivity contribution in [3.8, 4) is 16.9 Å². The molecule has 2 aromatic carbocycles. The Morgan fingerprint density at radius 1 is 1.06 bits per heavy atom. The normalized spacial score (nSPS) is 11.6. The zero-order valence-electron chi connectivity index (χ0n) is 18.9. The first-order valence-corrected chi connectivity index (χ1v) is 11.2. The Hall–Kier alpha value is -4.39. The summed E-state index contributed by atoms with van der Waals surface area (Å²) in [5.41, 5.74) is 6.56. The van der Waals surface area contributed by atoms with Crippen molar-refractivity contribution in [1.29, 1.82) is 0 Å². The summed E-state index contributed by atoms with van der Waals surface area (Å²) >= 11 is 0. The van der Waals surface area contributed by atoms with Crippen molar-refractivity contribution in [2.45, 2.75) is 19.9 Å². The summed E-state index contributed by atoms with van der Waals surface area (Å²) in [4.78, 5) is 21.3. The van der Waals surface area contributed by atoms with Crippen molar-refractivity contribution in [2.75, 3.05) is 7.11 Å². The number of hydrogen-bond donors (Lipinski definition) is 1. The van der Waals surface area contributed by atoms with E-state index in [0.717, 1.165) is 50.2 Å². The number of rotatable bonds is 5. The van der Waals surface area contributed by atoms with Crippen LogP contribution < -0.4 is 10.3 Å². The number of H-pyrrole nitrogens is 1. The van der Waals surface area contributed by atoms with Crippen LogP contribution in [0.15, 0.2) is 78.0 Å². The van der Waals surface area contributed by atoms with Gasteiger partial charge in [-0.3, -0.25) is 4.79 Å². The molecule has 7 nitrogen and oxygen atoms in total. The van der Waals surface area contributed by atoms with Crippen molar-refractivity contribution in [3.05, 3.63) is 94.8 Å². The molecule has 0 fully saturated rings. The molecule has 168 valence electrons. The molecule has 0 atom stereocenters. The van der Waals surface area contributed by atoms with E-state index in [4.69, 9.17) is 9.84 Å². The minimum absolute atomic E-state index is 0.0706. The number of benzene rings is 2. The topological polar surface area (TPSA) is 77.2 Å². The zero-order chi connectivity index (χ0) is 23.2. The van der Waals surface area contributed by atoms with Crippen molar-refractivity contribution >= 4 is 27.5 Å². The predicted molar refractivity (Wildman–Crippen MR) is 133 cm³/mol. The largest absolute Gasteiger partial charge is 0.497 e. The van der Waals surface area contributed by atoms with Gasteiger partial charge >= 0.3 is 0 Å². The number of ether oxygens (including phenoxy) is 1. The number of aromatic amines is 1. The van der Waals surface area contributed by atoms with Gasteiger partial charge in [-0.05, 0) is 48.7 Å². The first-order valence-electron chi connectivity index (χ1n) is 11.2. The van der Waals surface area contributed by atoms with E-state index in [1.165, 1.54) is 0 Å². The van der Waals surface area contributed by atoms with Gasteiger partial charge in [-0.2, -0.15) is 5.10 Å². The molecular weight excluding hydrogens is 426 g/mol. The molecule has 0 amide bonds. The molecule has 0 bridgehead atoms. The quantitative estimate of drug-likeness (QED) is 0.412. The summed E-state index contributed by atoms with van der Waals surface area (Å²) in [5, 5.41) is 6.38. The summed E-state index contributed by atoms with van der Waals surface area (Å²) < 4.78 is 8.89. The highest BCUT2D eigenvalue weighted by Crippen LogP contribution is 2.28. The highest BCUT2D eigenvalue weighted by Gasteiger charge is 2.16. The molecule has 4 aromatic heterocycles. The Balaban J connectivity index is 1.38. The molecule has 1 N–H and O–H groups in total. The maximum absolute atomic E-state index is 13.3. The van der Waals surface area contributed by atoms with Crippen molar-refractivity contribution in [2.24, 2.45) is 0 Å². The average Bonchev–Trinajstić information content (AvgIpc) is 3.43. The Morgan fingerprint density at radius 3 is 2.74 bits per heavy atom. The number of nitrogens with zero attached hydrogens (tertiary/aromatic N) is 4. The van der Waals surface area contributed by atoms with Gasteiger partial charge < -0.3 is 14.3 Å². The number of fused-ring (bicyclic) bond motifs is 4. The number of hydrogen-bond acceptors (Lipinski definition) is 4. The lowest BCUT2D eigenvalue weighted by molar-refractivity contribution is 0.415. The molecule has 4 heterocycles. The first kappa shape index (κ1) is 20.2. The maximum atomic E-state index is 13.3. The smallest absolute Gasteiger partial charge is 0.261 e. The molecule has 0 spiro atoms. The van der Waals surface area contributed by atoms with Crippen LogP contribution in [0, 0.1) is 6.92 Å². The lowest BCUT2D eigenvalue weighted by Gasteiger charge is -2.08. The SMILES string of the molecule is COc1ccc2[nH]cc(CCn3ccc4c(cnc5c(-c6ccccc6)c(C)nn54)c3=O)c2c1. The summed E-state index contributed by atoms with van der Waals surface area (Å²) in [5.74, 6) is 0.815. The van der Waals surface area contributed by atoms with Crippen LogP contribution >= 0.6 is 0 Å². The summed E-state index contributed by atoms with van der Waals surface area (Å²) in [6.45, 7) is 2.53. The third-order valence-corrected chi connectivity index (χ3v) is 6.42. The van der Waals surface area contributed by atoms with Crippen LogP contribution in [0.25, 0.3) is 38.6 Å². The molecule has 0 radical (unpaired) electrons. The van der Waals surface area contributed by atoms with Gasteiger partial charge in [0, 0.05) is 41.6 Å². The Kier molecular flexibility index (Phi) is 4.69. The van der Waals surface area contributed by atoms with E-state index in [9.17, 15) is 4.79 Å². The van der Waals surface area contributed by atoms with Crippen LogP contribution in [0.5, 0.6) is 5.75 Å². The number of nitrogens with one attached hydrogen (secondary N) is 1. The summed E-state index contributed by atoms with van der Waals surface area (Å²) in [6, 6.07) is 18.0. The molecule has 0 aliphatic carbocycles. The minimum Gasteiger partial charge on any atom is -0.497 e. The zero-order valence-corrected chi connectivity index (χ0v) is 18.9. The van der Waals surface area contributed by atoms with Gasteiger partial charge in [-0.25, -0.2) is 9.50 Å². The second-order valence-electron chi connectivity index (χ2n) is 8.41. The van der Waals surface area contributed by atoms with E-state index in [1.807, 2.05) is 73.9 Å². The Bertz CT molecular complexity index is 1730. The van der Waals surface area contributed by atoms with Crippen LogP contribution in [0.1, 0.15) is 11.3 Å². The molecule has 7 heteroatoms. The summed E-state index contributed by atoms with van der Waals surface area (Å²) in [7, 11) is 1.66. The second kappa shape index (κ2) is 7.88. The van der Waals surface area contributed by atoms with Gasteiger partial charge in [-0.1, -0.05) is 30.3 Å². The average molecular weight is 450 g/mol. The van der Waals surface area contributed by atoms with E-state index >= 15 is 0 Å². The van der Waals surface area contributed by atoms with Gasteiger partial charge in [0.2, 0.25) is 0 Å². The molecule has 0 saturated carbocycles. The fraction of sp³-hybridized carbons (Fsp3) is 0.148. The predicted octanol–water partition coefficient (Wildman–Crippen LogP) is 4.75. The molecule has 6 rings (SSSR count). The number of aryl methyl sites for hydroxylation is 3. The van der Waals surface area contributed by atoms with E-state index in [1.54, 1.807) is 22.4 Å². The third-order valence-electron chi connectivity index (χ3n) is 6.42. The molecule has 0 aliphatic heterocycles. The van der Waals surface area contributed by atoms with E-state index in [-0.39, 0.29) is 5.56 Å². The van der Waals surface area contributed by atoms with Crippen LogP contribution in [0.3, 0.4) is 0 Å². The van der Waals surface area contributed by atoms with Crippen molar-refractivity contribution in [3.63, 3.8) is 0 Å². The number of aromatic nitrogens is 5. The third kappa shape index (κ3) is 3.16. The molecule has 0 unspecified atom stereocenters. The van der Waals surface area contributed by atoms with Crippen molar-refractivity contribution < 1.29 is 4.74 Å². The van der Waals surface area contributed by atoms with Gasteiger partial charge in [0.15, 0.2) is 5.65 Å². The maximum Gasteiger partial charge on any atom is 0.261 e. The lowest BCUT2D eigenvalue weighted by atomic mass is 10.1. The van der Waals surface area contributed by atoms with Gasteiger partial charge in [-0.15, -0.1) is 0 Å². The molecular formula is C27H23N5O2. The molecule has 0 saturated heterocycles. The fourth-order valence-electron chi connectivity index (χ4n) is 4.67. The second-order valence-corrected chi connectivity index (χ2v) is 8.41. The van der Waals surface area contributed by atoms with Gasteiger partial charge in [0.05, 0.1) is 23.7 Å². The Labute approximate surface area is 195 Å². The lowest BCUT2D eigenvalue weighted by Crippen LogP contribution is -2.21. The van der Waals surface area contributed by atoms with Crippen molar-refractivity contribution in [1.82, 2.24) is 24.1 Å². The molecule has 34 heavy (non-hydrogen) atoms. The minimum atomic E-state index is -0.0706. The molecule has 0 aliphatic rings. The number of methoxy groups -OCH3 is 1. The standard InChI is InChI=1S/C27H23N5O2/c1-17-25(18-6-4-3-5-7-18)26-29-16-22-24(32(26)30-17)11-13-31(27(22)33)12-10-19-15-28-23-9-8-20(34-2)14-21(19)23/h3-9,11,13-16,28H,10,12H2,1-2H3. The van der Waals surface area contributed by atoms with Crippen LogP contribution in [-0.2, 0) is 13.0 Å². The first-order chi connectivity index (χ1) is 16.6. The van der Waals surface area contributed by atoms with E-state index in [0.29, 0.717) is 18.4 Å². The fourth-order valence-corrected chi connectivity index (χ4v) is 4.67. The summed E-state index contributed by atoms with van der Waals surface area (Å²) in [6.07, 6.45) is 6.23. The van der Waals surface area contributed by atoms with Gasteiger partial charge in [0.1, 0.15) is 5.75 Å². The van der Waals surface area contributed by atoms with Gasteiger partial charge in [0.25, 0.3) is 5.56 Å². The highest BCUT2D eigenvalue weighted by atomic mass is 16.5. The Morgan fingerprint density at radius 2 is 1.91 bits per heavy atom.